The lowest BCUT2D eigenvalue weighted by atomic mass is 10.0. The van der Waals surface area contributed by atoms with Crippen molar-refractivity contribution in [3.05, 3.63) is 59.7 Å². The topological polar surface area (TPSA) is 55.6 Å². The van der Waals surface area contributed by atoms with Crippen molar-refractivity contribution >= 4 is 11.6 Å². The normalized spacial score (nSPS) is 11.8. The van der Waals surface area contributed by atoms with Crippen molar-refractivity contribution in [2.24, 2.45) is 0 Å². The summed E-state index contributed by atoms with van der Waals surface area (Å²) in [5, 5.41) is 0. The van der Waals surface area contributed by atoms with E-state index in [1.165, 1.54) is 0 Å². The predicted molar refractivity (Wildman–Crippen MR) is 98.0 cm³/mol. The number of benzene rings is 2. The van der Waals surface area contributed by atoms with Crippen LogP contribution in [0.5, 0.6) is 5.75 Å². The number of nitrogen functional groups attached to an aromatic ring is 1. The van der Waals surface area contributed by atoms with Gasteiger partial charge in [0.1, 0.15) is 5.75 Å². The van der Waals surface area contributed by atoms with Gasteiger partial charge in [0, 0.05) is 18.7 Å². The van der Waals surface area contributed by atoms with E-state index in [0.717, 1.165) is 22.6 Å². The first-order valence-corrected chi connectivity index (χ1v) is 8.33. The van der Waals surface area contributed by atoms with Gasteiger partial charge in [0.05, 0.1) is 13.2 Å². The SMILES string of the molecule is CCN(C(=O)CCc1ccccc1N)C(C)c1cccc(OC)c1. The summed E-state index contributed by atoms with van der Waals surface area (Å²) in [5.74, 6) is 0.941. The monoisotopic (exact) mass is 326 g/mol. The summed E-state index contributed by atoms with van der Waals surface area (Å²) in [4.78, 5) is 14.6. The van der Waals surface area contributed by atoms with Gasteiger partial charge in [-0.1, -0.05) is 30.3 Å². The summed E-state index contributed by atoms with van der Waals surface area (Å²) in [6.07, 6.45) is 1.11. The fraction of sp³-hybridized carbons (Fsp3) is 0.350. The van der Waals surface area contributed by atoms with Gasteiger partial charge in [-0.15, -0.1) is 0 Å². The van der Waals surface area contributed by atoms with E-state index in [1.54, 1.807) is 7.11 Å². The number of para-hydroxylation sites is 1. The van der Waals surface area contributed by atoms with Crippen molar-refractivity contribution in [3.8, 4) is 5.75 Å². The molecule has 0 heterocycles. The van der Waals surface area contributed by atoms with Crippen LogP contribution in [0, 0.1) is 0 Å². The predicted octanol–water partition coefficient (Wildman–Crippen LogP) is 3.82. The van der Waals surface area contributed by atoms with E-state index >= 15 is 0 Å². The van der Waals surface area contributed by atoms with Crippen LogP contribution in [0.4, 0.5) is 5.69 Å². The summed E-state index contributed by atoms with van der Waals surface area (Å²) in [7, 11) is 1.65. The Morgan fingerprint density at radius 1 is 1.21 bits per heavy atom. The fourth-order valence-electron chi connectivity index (χ4n) is 2.89. The Labute approximate surface area is 144 Å². The van der Waals surface area contributed by atoms with Crippen molar-refractivity contribution in [1.29, 1.82) is 0 Å². The van der Waals surface area contributed by atoms with Crippen LogP contribution in [0.3, 0.4) is 0 Å². The lowest BCUT2D eigenvalue weighted by Gasteiger charge is -2.29. The van der Waals surface area contributed by atoms with Crippen molar-refractivity contribution in [1.82, 2.24) is 4.90 Å². The Morgan fingerprint density at radius 2 is 1.96 bits per heavy atom. The number of ether oxygens (including phenoxy) is 1. The number of methoxy groups -OCH3 is 1. The third kappa shape index (κ3) is 4.28. The van der Waals surface area contributed by atoms with Gasteiger partial charge in [0.25, 0.3) is 0 Å². The summed E-state index contributed by atoms with van der Waals surface area (Å²) < 4.78 is 5.28. The highest BCUT2D eigenvalue weighted by molar-refractivity contribution is 5.77. The first kappa shape index (κ1) is 17.9. The maximum atomic E-state index is 12.7. The summed E-state index contributed by atoms with van der Waals surface area (Å²) >= 11 is 0. The minimum atomic E-state index is 0.00530. The average Bonchev–Trinajstić information content (AvgIpc) is 2.61. The number of anilines is 1. The second kappa shape index (κ2) is 8.39. The zero-order valence-corrected chi connectivity index (χ0v) is 14.7. The van der Waals surface area contributed by atoms with Crippen LogP contribution in [0.25, 0.3) is 0 Å². The van der Waals surface area contributed by atoms with E-state index in [4.69, 9.17) is 10.5 Å². The van der Waals surface area contributed by atoms with Gasteiger partial charge in [0.15, 0.2) is 0 Å². The number of hydrogen-bond donors (Lipinski definition) is 1. The molecule has 128 valence electrons. The Morgan fingerprint density at radius 3 is 2.62 bits per heavy atom. The first-order chi connectivity index (χ1) is 11.6. The molecular formula is C20H26N2O2. The molecule has 0 aliphatic rings. The molecule has 2 aromatic rings. The molecule has 0 fully saturated rings. The molecular weight excluding hydrogens is 300 g/mol. The van der Waals surface area contributed by atoms with Crippen LogP contribution >= 0.6 is 0 Å². The van der Waals surface area contributed by atoms with Gasteiger partial charge >= 0.3 is 0 Å². The molecule has 1 unspecified atom stereocenters. The zero-order chi connectivity index (χ0) is 17.5. The van der Waals surface area contributed by atoms with Gasteiger partial charge in [-0.05, 0) is 49.6 Å². The molecule has 0 saturated heterocycles. The Balaban J connectivity index is 2.06. The maximum Gasteiger partial charge on any atom is 0.223 e. The minimum Gasteiger partial charge on any atom is -0.497 e. The molecule has 1 amide bonds. The number of carbonyl (C=O) groups is 1. The van der Waals surface area contributed by atoms with E-state index in [2.05, 4.69) is 0 Å². The number of amides is 1. The molecule has 2 aromatic carbocycles. The van der Waals surface area contributed by atoms with Crippen LogP contribution < -0.4 is 10.5 Å². The number of carbonyl (C=O) groups excluding carboxylic acids is 1. The molecule has 24 heavy (non-hydrogen) atoms. The van der Waals surface area contributed by atoms with E-state index in [1.807, 2.05) is 67.3 Å². The summed E-state index contributed by atoms with van der Waals surface area (Å²) in [5.41, 5.74) is 8.80. The van der Waals surface area contributed by atoms with Gasteiger partial charge in [-0.25, -0.2) is 0 Å². The Hall–Kier alpha value is -2.49. The molecule has 4 nitrogen and oxygen atoms in total. The van der Waals surface area contributed by atoms with Crippen LogP contribution in [-0.4, -0.2) is 24.5 Å². The van der Waals surface area contributed by atoms with Crippen molar-refractivity contribution in [3.63, 3.8) is 0 Å². The molecule has 0 aliphatic heterocycles. The molecule has 0 saturated carbocycles. The van der Waals surface area contributed by atoms with Gasteiger partial charge < -0.3 is 15.4 Å². The second-order valence-corrected chi connectivity index (χ2v) is 5.83. The summed E-state index contributed by atoms with van der Waals surface area (Å²) in [6, 6.07) is 15.6. The fourth-order valence-corrected chi connectivity index (χ4v) is 2.89. The molecule has 2 rings (SSSR count). The van der Waals surface area contributed by atoms with Crippen molar-refractivity contribution < 1.29 is 9.53 Å². The Bertz CT molecular complexity index is 685. The highest BCUT2D eigenvalue weighted by Crippen LogP contribution is 2.25. The molecule has 4 heteroatoms. The van der Waals surface area contributed by atoms with E-state index < -0.39 is 0 Å². The molecule has 0 radical (unpaired) electrons. The number of rotatable bonds is 7. The quantitative estimate of drug-likeness (QED) is 0.787. The third-order valence-corrected chi connectivity index (χ3v) is 4.37. The number of nitrogens with two attached hydrogens (primary N) is 1. The van der Waals surface area contributed by atoms with Crippen molar-refractivity contribution in [2.45, 2.75) is 32.7 Å². The lowest BCUT2D eigenvalue weighted by Crippen LogP contribution is -2.33. The highest BCUT2D eigenvalue weighted by atomic mass is 16.5. The van der Waals surface area contributed by atoms with E-state index in [0.29, 0.717) is 19.4 Å². The van der Waals surface area contributed by atoms with Crippen LogP contribution in [-0.2, 0) is 11.2 Å². The van der Waals surface area contributed by atoms with E-state index in [9.17, 15) is 4.79 Å². The molecule has 0 aliphatic carbocycles. The van der Waals surface area contributed by atoms with Gasteiger partial charge in [-0.3, -0.25) is 4.79 Å². The highest BCUT2D eigenvalue weighted by Gasteiger charge is 2.20. The lowest BCUT2D eigenvalue weighted by molar-refractivity contribution is -0.133. The van der Waals surface area contributed by atoms with Gasteiger partial charge in [0.2, 0.25) is 5.91 Å². The standard InChI is InChI=1S/C20H26N2O2/c1-4-22(15(2)17-9-7-10-18(14-17)24-3)20(23)13-12-16-8-5-6-11-19(16)21/h5-11,14-15H,4,12-13,21H2,1-3H3. The van der Waals surface area contributed by atoms with Crippen LogP contribution in [0.15, 0.2) is 48.5 Å². The second-order valence-electron chi connectivity index (χ2n) is 5.83. The average molecular weight is 326 g/mol. The Kier molecular flexibility index (Phi) is 6.24. The third-order valence-electron chi connectivity index (χ3n) is 4.37. The number of hydrogen-bond acceptors (Lipinski definition) is 3. The maximum absolute atomic E-state index is 12.7. The minimum absolute atomic E-state index is 0.00530. The van der Waals surface area contributed by atoms with Crippen LogP contribution in [0.1, 0.15) is 37.4 Å². The molecule has 0 spiro atoms. The molecule has 1 atom stereocenters. The van der Waals surface area contributed by atoms with Crippen LogP contribution in [0.2, 0.25) is 0 Å². The van der Waals surface area contributed by atoms with Crippen molar-refractivity contribution in [2.75, 3.05) is 19.4 Å². The number of nitrogens with zero attached hydrogens (tertiary/aromatic N) is 1. The molecule has 2 N–H and O–H groups in total. The van der Waals surface area contributed by atoms with Gasteiger partial charge in [-0.2, -0.15) is 0 Å². The zero-order valence-electron chi connectivity index (χ0n) is 14.7. The van der Waals surface area contributed by atoms with E-state index in [-0.39, 0.29) is 11.9 Å². The first-order valence-electron chi connectivity index (χ1n) is 8.33. The number of aryl methyl sites for hydroxylation is 1. The molecule has 0 aromatic heterocycles. The smallest absolute Gasteiger partial charge is 0.223 e. The summed E-state index contributed by atoms with van der Waals surface area (Å²) in [6.45, 7) is 4.72. The molecule has 0 bridgehead atoms. The largest absolute Gasteiger partial charge is 0.497 e.